The third-order valence-corrected chi connectivity index (χ3v) is 4.14. The average molecular weight is 314 g/mol. The van der Waals surface area contributed by atoms with Crippen LogP contribution in [0.15, 0.2) is 15.8 Å². The van der Waals surface area contributed by atoms with Crippen molar-refractivity contribution >= 4 is 0 Å². The molecule has 1 aromatic rings. The van der Waals surface area contributed by atoms with Gasteiger partial charge in [0.15, 0.2) is 0 Å². The Hall–Kier alpha value is -1.52. The summed E-state index contributed by atoms with van der Waals surface area (Å²) in [5.41, 5.74) is -1.21. The van der Waals surface area contributed by atoms with E-state index >= 15 is 0 Å². The van der Waals surface area contributed by atoms with E-state index in [1.807, 2.05) is 0 Å². The largest absolute Gasteiger partial charge is 0.394 e. The molecule has 0 aliphatic carbocycles. The van der Waals surface area contributed by atoms with Gasteiger partial charge in [0.25, 0.3) is 5.56 Å². The number of H-pyrrole nitrogens is 1. The maximum absolute atomic E-state index is 12.0. The minimum Gasteiger partial charge on any atom is -0.394 e. The number of nitrogens with one attached hydrogen (secondary N) is 1. The zero-order valence-corrected chi connectivity index (χ0v) is 11.7. The summed E-state index contributed by atoms with van der Waals surface area (Å²) in [6.07, 6.45) is -2.77. The van der Waals surface area contributed by atoms with Crippen LogP contribution in [0.4, 0.5) is 0 Å². The SMILES string of the molecule is O=c1[nH]c(=O)n(C2CCOC2)cc1[C@@H]1O[C@H](CO)[C@@H](O)[C@H]1O. The molecule has 2 fully saturated rings. The van der Waals surface area contributed by atoms with Crippen molar-refractivity contribution in [2.24, 2.45) is 0 Å². The molecule has 2 aliphatic rings. The number of ether oxygens (including phenoxy) is 2. The second-order valence-corrected chi connectivity index (χ2v) is 5.53. The van der Waals surface area contributed by atoms with Gasteiger partial charge in [-0.25, -0.2) is 4.79 Å². The lowest BCUT2D eigenvalue weighted by molar-refractivity contribution is -0.0234. The average Bonchev–Trinajstić information content (AvgIpc) is 3.10. The summed E-state index contributed by atoms with van der Waals surface area (Å²) in [4.78, 5) is 26.1. The van der Waals surface area contributed by atoms with E-state index in [0.29, 0.717) is 19.6 Å². The standard InChI is InChI=1S/C13H18N2O7/c16-4-8-9(17)10(18)11(22-8)7-3-15(6-1-2-21-5-6)13(20)14-12(7)19/h3,6,8-11,16-18H,1-2,4-5H2,(H,14,19,20)/t6?,8-,9-,10-,11+/m1/s1. The van der Waals surface area contributed by atoms with Gasteiger partial charge in [0.1, 0.15) is 24.4 Å². The molecule has 3 heterocycles. The predicted octanol–water partition coefficient (Wildman–Crippen LogP) is -2.35. The van der Waals surface area contributed by atoms with Crippen molar-refractivity contribution in [1.82, 2.24) is 9.55 Å². The van der Waals surface area contributed by atoms with E-state index in [1.165, 1.54) is 10.8 Å². The zero-order chi connectivity index (χ0) is 15.9. The second kappa shape index (κ2) is 5.94. The molecule has 22 heavy (non-hydrogen) atoms. The molecule has 5 atom stereocenters. The van der Waals surface area contributed by atoms with Crippen molar-refractivity contribution in [1.29, 1.82) is 0 Å². The highest BCUT2D eigenvalue weighted by atomic mass is 16.6. The lowest BCUT2D eigenvalue weighted by Gasteiger charge is -2.17. The number of rotatable bonds is 3. The minimum atomic E-state index is -1.36. The van der Waals surface area contributed by atoms with Crippen LogP contribution in [0.5, 0.6) is 0 Å². The molecule has 1 aromatic heterocycles. The molecule has 0 aromatic carbocycles. The topological polar surface area (TPSA) is 134 Å². The Bertz CT molecular complexity index is 649. The fourth-order valence-corrected chi connectivity index (χ4v) is 2.87. The molecular formula is C13H18N2O7. The van der Waals surface area contributed by atoms with Crippen LogP contribution in [0.1, 0.15) is 24.1 Å². The van der Waals surface area contributed by atoms with E-state index in [2.05, 4.69) is 4.98 Å². The second-order valence-electron chi connectivity index (χ2n) is 5.53. The van der Waals surface area contributed by atoms with Crippen molar-refractivity contribution < 1.29 is 24.8 Å². The number of nitrogens with zero attached hydrogens (tertiary/aromatic N) is 1. The monoisotopic (exact) mass is 314 g/mol. The number of hydrogen-bond acceptors (Lipinski definition) is 7. The summed E-state index contributed by atoms with van der Waals surface area (Å²) >= 11 is 0. The van der Waals surface area contributed by atoms with E-state index in [-0.39, 0.29) is 11.6 Å². The van der Waals surface area contributed by atoms with E-state index in [0.717, 1.165) is 0 Å². The van der Waals surface area contributed by atoms with Gasteiger partial charge in [-0.3, -0.25) is 14.3 Å². The first-order valence-corrected chi connectivity index (χ1v) is 7.08. The first-order valence-electron chi connectivity index (χ1n) is 7.08. The molecule has 9 nitrogen and oxygen atoms in total. The number of aromatic nitrogens is 2. The molecule has 0 bridgehead atoms. The maximum atomic E-state index is 12.0. The Kier molecular flexibility index (Phi) is 4.15. The molecule has 0 amide bonds. The van der Waals surface area contributed by atoms with E-state index in [1.54, 1.807) is 0 Å². The Morgan fingerprint density at radius 1 is 1.32 bits per heavy atom. The molecule has 1 unspecified atom stereocenters. The summed E-state index contributed by atoms with van der Waals surface area (Å²) in [5, 5.41) is 28.9. The zero-order valence-electron chi connectivity index (χ0n) is 11.7. The summed E-state index contributed by atoms with van der Waals surface area (Å²) in [7, 11) is 0. The summed E-state index contributed by atoms with van der Waals surface area (Å²) in [5.74, 6) is 0. The highest BCUT2D eigenvalue weighted by molar-refractivity contribution is 5.15. The van der Waals surface area contributed by atoms with E-state index < -0.39 is 42.3 Å². The molecule has 0 spiro atoms. The molecule has 9 heteroatoms. The number of aliphatic hydroxyl groups is 3. The van der Waals surface area contributed by atoms with Gasteiger partial charge in [0, 0.05) is 12.8 Å². The number of aromatic amines is 1. The van der Waals surface area contributed by atoms with Crippen LogP contribution >= 0.6 is 0 Å². The third-order valence-electron chi connectivity index (χ3n) is 4.14. The molecular weight excluding hydrogens is 296 g/mol. The Labute approximate surface area is 124 Å². The van der Waals surface area contributed by atoms with Gasteiger partial charge < -0.3 is 24.8 Å². The maximum Gasteiger partial charge on any atom is 0.328 e. The van der Waals surface area contributed by atoms with Crippen molar-refractivity contribution in [3.05, 3.63) is 32.6 Å². The van der Waals surface area contributed by atoms with Gasteiger partial charge >= 0.3 is 5.69 Å². The normalized spacial score (nSPS) is 35.1. The van der Waals surface area contributed by atoms with Crippen LogP contribution < -0.4 is 11.2 Å². The number of hydrogen-bond donors (Lipinski definition) is 4. The van der Waals surface area contributed by atoms with Crippen molar-refractivity contribution in [2.45, 2.75) is 36.9 Å². The lowest BCUT2D eigenvalue weighted by Crippen LogP contribution is -2.37. The van der Waals surface area contributed by atoms with Crippen LogP contribution in [-0.2, 0) is 9.47 Å². The summed E-state index contributed by atoms with van der Waals surface area (Å²) in [6.45, 7) is 0.406. The van der Waals surface area contributed by atoms with Gasteiger partial charge in [-0.05, 0) is 6.42 Å². The molecule has 0 saturated carbocycles. The van der Waals surface area contributed by atoms with Crippen molar-refractivity contribution in [3.8, 4) is 0 Å². The third kappa shape index (κ3) is 2.50. The van der Waals surface area contributed by atoms with Crippen LogP contribution in [-0.4, -0.2) is 63.0 Å². The van der Waals surface area contributed by atoms with Crippen molar-refractivity contribution in [2.75, 3.05) is 19.8 Å². The van der Waals surface area contributed by atoms with Crippen LogP contribution in [0.3, 0.4) is 0 Å². The Balaban J connectivity index is 1.98. The Morgan fingerprint density at radius 3 is 2.68 bits per heavy atom. The highest BCUT2D eigenvalue weighted by Crippen LogP contribution is 2.32. The van der Waals surface area contributed by atoms with Gasteiger partial charge in [0.2, 0.25) is 0 Å². The van der Waals surface area contributed by atoms with Crippen LogP contribution in [0.2, 0.25) is 0 Å². The van der Waals surface area contributed by atoms with Crippen molar-refractivity contribution in [3.63, 3.8) is 0 Å². The number of aliphatic hydroxyl groups excluding tert-OH is 3. The van der Waals surface area contributed by atoms with Crippen LogP contribution in [0.25, 0.3) is 0 Å². The molecule has 3 rings (SSSR count). The molecule has 4 N–H and O–H groups in total. The van der Waals surface area contributed by atoms with Gasteiger partial charge in [-0.15, -0.1) is 0 Å². The molecule has 2 saturated heterocycles. The Morgan fingerprint density at radius 2 is 2.09 bits per heavy atom. The predicted molar refractivity (Wildman–Crippen MR) is 72.5 cm³/mol. The minimum absolute atomic E-state index is 0.0361. The molecule has 2 aliphatic heterocycles. The highest BCUT2D eigenvalue weighted by Gasteiger charge is 2.44. The van der Waals surface area contributed by atoms with Gasteiger partial charge in [-0.2, -0.15) is 0 Å². The van der Waals surface area contributed by atoms with Crippen LogP contribution in [0, 0.1) is 0 Å². The van der Waals surface area contributed by atoms with E-state index in [4.69, 9.17) is 14.6 Å². The molecule has 122 valence electrons. The first kappa shape index (κ1) is 15.4. The molecule has 0 radical (unpaired) electrons. The fourth-order valence-electron chi connectivity index (χ4n) is 2.87. The van der Waals surface area contributed by atoms with Gasteiger partial charge in [0.05, 0.1) is 24.8 Å². The van der Waals surface area contributed by atoms with E-state index in [9.17, 15) is 19.8 Å². The quantitative estimate of drug-likeness (QED) is 0.491. The summed E-state index contributed by atoms with van der Waals surface area (Å²) in [6, 6.07) is -0.194. The first-order chi connectivity index (χ1) is 10.5. The summed E-state index contributed by atoms with van der Waals surface area (Å²) < 4.78 is 11.9. The van der Waals surface area contributed by atoms with Gasteiger partial charge in [-0.1, -0.05) is 0 Å². The lowest BCUT2D eigenvalue weighted by atomic mass is 10.0. The smallest absolute Gasteiger partial charge is 0.328 e. The fraction of sp³-hybridized carbons (Fsp3) is 0.692.